The van der Waals surface area contributed by atoms with Crippen molar-refractivity contribution in [3.8, 4) is 11.8 Å². The highest BCUT2D eigenvalue weighted by molar-refractivity contribution is 5.87. The summed E-state index contributed by atoms with van der Waals surface area (Å²) in [6.07, 6.45) is 3.08. The Bertz CT molecular complexity index is 734. The molecule has 27 heavy (non-hydrogen) atoms. The zero-order valence-electron chi connectivity index (χ0n) is 16.9. The molecule has 1 aliphatic carbocycles. The Morgan fingerprint density at radius 3 is 2.37 bits per heavy atom. The van der Waals surface area contributed by atoms with Gasteiger partial charge in [0.25, 0.3) is 0 Å². The molecule has 1 aromatic carbocycles. The van der Waals surface area contributed by atoms with Crippen LogP contribution in [0.25, 0.3) is 0 Å². The number of aryl methyl sites for hydroxylation is 2. The molecule has 2 N–H and O–H groups in total. The van der Waals surface area contributed by atoms with Crippen LogP contribution in [0.4, 0.5) is 0 Å². The standard InChI is InChI=1S/C23H31NO3/c1-5-8-17-13-15(2)21(16(3)14-17)22-19(25)11-6-9-18(23(27)24-4)10-7-12-20(22)26/h13-14,18-19,22,25H,6-7,9-12H2,1-4H3,(H,24,27). The van der Waals surface area contributed by atoms with Crippen molar-refractivity contribution in [2.75, 3.05) is 7.05 Å². The third-order valence-electron chi connectivity index (χ3n) is 5.55. The lowest BCUT2D eigenvalue weighted by atomic mass is 9.78. The van der Waals surface area contributed by atoms with Crippen LogP contribution in [-0.2, 0) is 9.59 Å². The van der Waals surface area contributed by atoms with Crippen molar-refractivity contribution in [1.29, 1.82) is 0 Å². The van der Waals surface area contributed by atoms with Gasteiger partial charge in [0.05, 0.1) is 12.0 Å². The maximum Gasteiger partial charge on any atom is 0.222 e. The van der Waals surface area contributed by atoms with Crippen molar-refractivity contribution >= 4 is 11.7 Å². The molecular formula is C23H31NO3. The minimum Gasteiger partial charge on any atom is -0.392 e. The molecule has 4 heteroatoms. The normalized spacial score (nSPS) is 23.9. The summed E-state index contributed by atoms with van der Waals surface area (Å²) in [4.78, 5) is 25.0. The van der Waals surface area contributed by atoms with Gasteiger partial charge in [0.2, 0.25) is 5.91 Å². The number of aliphatic hydroxyl groups is 1. The summed E-state index contributed by atoms with van der Waals surface area (Å²) in [6.45, 7) is 5.78. The molecule has 1 amide bonds. The van der Waals surface area contributed by atoms with E-state index in [2.05, 4.69) is 17.2 Å². The summed E-state index contributed by atoms with van der Waals surface area (Å²) >= 11 is 0. The van der Waals surface area contributed by atoms with Gasteiger partial charge in [-0.2, -0.15) is 0 Å². The van der Waals surface area contributed by atoms with E-state index in [9.17, 15) is 14.7 Å². The Hall–Kier alpha value is -2.12. The van der Waals surface area contributed by atoms with Gasteiger partial charge >= 0.3 is 0 Å². The zero-order chi connectivity index (χ0) is 20.0. The molecule has 1 aromatic rings. The van der Waals surface area contributed by atoms with E-state index in [4.69, 9.17) is 0 Å². The lowest BCUT2D eigenvalue weighted by Gasteiger charge is -2.28. The van der Waals surface area contributed by atoms with Gasteiger partial charge in [-0.05, 0) is 75.3 Å². The molecule has 3 atom stereocenters. The number of Topliss-reactive ketones (excluding diaryl/α,β-unsaturated/α-hetero) is 1. The topological polar surface area (TPSA) is 66.4 Å². The zero-order valence-corrected chi connectivity index (χ0v) is 16.9. The van der Waals surface area contributed by atoms with Gasteiger partial charge in [-0.25, -0.2) is 0 Å². The fourth-order valence-electron chi connectivity index (χ4n) is 4.28. The summed E-state index contributed by atoms with van der Waals surface area (Å²) in [6, 6.07) is 4.00. The Kier molecular flexibility index (Phi) is 7.62. The molecule has 0 saturated heterocycles. The average Bonchev–Trinajstić information content (AvgIpc) is 2.62. The molecular weight excluding hydrogens is 338 g/mol. The Labute approximate surface area is 162 Å². The molecule has 146 valence electrons. The van der Waals surface area contributed by atoms with Gasteiger partial charge in [-0.3, -0.25) is 9.59 Å². The van der Waals surface area contributed by atoms with Gasteiger partial charge in [0.15, 0.2) is 0 Å². The van der Waals surface area contributed by atoms with E-state index in [0.29, 0.717) is 19.3 Å². The fourth-order valence-corrected chi connectivity index (χ4v) is 4.28. The first-order chi connectivity index (χ1) is 12.9. The first kappa shape index (κ1) is 21.2. The van der Waals surface area contributed by atoms with E-state index in [-0.39, 0.29) is 17.6 Å². The molecule has 2 rings (SSSR count). The Morgan fingerprint density at radius 1 is 1.15 bits per heavy atom. The van der Waals surface area contributed by atoms with Crippen LogP contribution < -0.4 is 5.32 Å². The van der Waals surface area contributed by atoms with Crippen molar-refractivity contribution in [1.82, 2.24) is 5.32 Å². The SMILES string of the molecule is CC#Cc1cc(C)c(C2C(=O)CCCC(C(=O)NC)CCCC2O)c(C)c1. The molecule has 4 nitrogen and oxygen atoms in total. The van der Waals surface area contributed by atoms with Gasteiger partial charge < -0.3 is 10.4 Å². The van der Waals surface area contributed by atoms with E-state index in [0.717, 1.165) is 41.5 Å². The van der Waals surface area contributed by atoms with E-state index in [1.165, 1.54) is 0 Å². The molecule has 0 aromatic heterocycles. The summed E-state index contributed by atoms with van der Waals surface area (Å²) in [5.41, 5.74) is 3.89. The van der Waals surface area contributed by atoms with E-state index >= 15 is 0 Å². The predicted molar refractivity (Wildman–Crippen MR) is 107 cm³/mol. The maximum absolute atomic E-state index is 13.0. The second-order valence-corrected chi connectivity index (χ2v) is 7.54. The number of carbonyl (C=O) groups excluding carboxylic acids is 2. The predicted octanol–water partition coefficient (Wildman–Crippen LogP) is 3.40. The van der Waals surface area contributed by atoms with E-state index in [1.54, 1.807) is 14.0 Å². The first-order valence-electron chi connectivity index (χ1n) is 9.85. The van der Waals surface area contributed by atoms with E-state index in [1.807, 2.05) is 26.0 Å². The number of aliphatic hydroxyl groups excluding tert-OH is 1. The quantitative estimate of drug-likeness (QED) is 0.785. The van der Waals surface area contributed by atoms with Crippen LogP contribution in [0.3, 0.4) is 0 Å². The Balaban J connectivity index is 2.30. The molecule has 0 radical (unpaired) electrons. The number of benzene rings is 1. The van der Waals surface area contributed by atoms with Crippen LogP contribution in [0.2, 0.25) is 0 Å². The lowest BCUT2D eigenvalue weighted by Crippen LogP contribution is -2.31. The van der Waals surface area contributed by atoms with E-state index < -0.39 is 12.0 Å². The van der Waals surface area contributed by atoms with Crippen LogP contribution >= 0.6 is 0 Å². The first-order valence-corrected chi connectivity index (χ1v) is 9.85. The second-order valence-electron chi connectivity index (χ2n) is 7.54. The second kappa shape index (κ2) is 9.71. The smallest absolute Gasteiger partial charge is 0.222 e. The van der Waals surface area contributed by atoms with Crippen LogP contribution in [0.1, 0.15) is 73.6 Å². The van der Waals surface area contributed by atoms with Crippen molar-refractivity contribution in [2.45, 2.75) is 71.3 Å². The largest absolute Gasteiger partial charge is 0.392 e. The van der Waals surface area contributed by atoms with Gasteiger partial charge in [0, 0.05) is 24.9 Å². The van der Waals surface area contributed by atoms with Gasteiger partial charge in [0.1, 0.15) is 5.78 Å². The van der Waals surface area contributed by atoms with Crippen LogP contribution in [0.15, 0.2) is 12.1 Å². The van der Waals surface area contributed by atoms with Crippen molar-refractivity contribution < 1.29 is 14.7 Å². The number of nitrogens with one attached hydrogen (secondary N) is 1. The van der Waals surface area contributed by atoms with Crippen molar-refractivity contribution in [2.24, 2.45) is 5.92 Å². The monoisotopic (exact) mass is 369 g/mol. The molecule has 0 aliphatic heterocycles. The minimum atomic E-state index is -0.721. The van der Waals surface area contributed by atoms with Crippen LogP contribution in [-0.4, -0.2) is 29.9 Å². The number of ketones is 1. The highest BCUT2D eigenvalue weighted by atomic mass is 16.3. The molecule has 0 bridgehead atoms. The number of hydrogen-bond donors (Lipinski definition) is 2. The van der Waals surface area contributed by atoms with Crippen LogP contribution in [0, 0.1) is 31.6 Å². The molecule has 3 unspecified atom stereocenters. The minimum absolute atomic E-state index is 0.0355. The molecule has 0 heterocycles. The molecule has 1 aliphatic rings. The fraction of sp³-hybridized carbons (Fsp3) is 0.565. The summed E-state index contributed by atoms with van der Waals surface area (Å²) in [5, 5.41) is 13.6. The number of carbonyl (C=O) groups is 2. The summed E-state index contributed by atoms with van der Waals surface area (Å²) in [5.74, 6) is 5.52. The molecule has 1 fully saturated rings. The number of amides is 1. The highest BCUT2D eigenvalue weighted by Crippen LogP contribution is 2.33. The third kappa shape index (κ3) is 5.20. The van der Waals surface area contributed by atoms with Crippen LogP contribution in [0.5, 0.6) is 0 Å². The number of rotatable bonds is 2. The lowest BCUT2D eigenvalue weighted by molar-refractivity contribution is -0.127. The molecule has 1 saturated carbocycles. The highest BCUT2D eigenvalue weighted by Gasteiger charge is 2.32. The van der Waals surface area contributed by atoms with Crippen molar-refractivity contribution in [3.05, 3.63) is 34.4 Å². The van der Waals surface area contributed by atoms with Gasteiger partial charge in [-0.1, -0.05) is 12.3 Å². The maximum atomic E-state index is 13.0. The summed E-state index contributed by atoms with van der Waals surface area (Å²) < 4.78 is 0. The average molecular weight is 370 g/mol. The summed E-state index contributed by atoms with van der Waals surface area (Å²) in [7, 11) is 1.65. The number of hydrogen-bond acceptors (Lipinski definition) is 3. The van der Waals surface area contributed by atoms with Crippen molar-refractivity contribution in [3.63, 3.8) is 0 Å². The Morgan fingerprint density at radius 2 is 1.78 bits per heavy atom. The molecule has 0 spiro atoms. The van der Waals surface area contributed by atoms with Gasteiger partial charge in [-0.15, -0.1) is 5.92 Å². The third-order valence-corrected chi connectivity index (χ3v) is 5.55.